The van der Waals surface area contributed by atoms with Gasteiger partial charge < -0.3 is 4.74 Å². The molecule has 0 saturated heterocycles. The number of halogens is 1. The lowest BCUT2D eigenvalue weighted by Crippen LogP contribution is -1.95. The van der Waals surface area contributed by atoms with Crippen LogP contribution in [0.4, 0.5) is 0 Å². The zero-order valence-corrected chi connectivity index (χ0v) is 10.4. The molecule has 2 aromatic rings. The summed E-state index contributed by atoms with van der Waals surface area (Å²) < 4.78 is 5.19. The molecule has 0 bridgehead atoms. The van der Waals surface area contributed by atoms with Crippen molar-refractivity contribution >= 4 is 22.5 Å². The van der Waals surface area contributed by atoms with Gasteiger partial charge in [-0.1, -0.05) is 18.5 Å². The highest BCUT2D eigenvalue weighted by atomic mass is 35.5. The second-order valence-electron chi connectivity index (χ2n) is 3.73. The smallest absolute Gasteiger partial charge is 0.119 e. The van der Waals surface area contributed by atoms with E-state index in [1.54, 1.807) is 7.11 Å². The Morgan fingerprint density at radius 1 is 1.38 bits per heavy atom. The van der Waals surface area contributed by atoms with Crippen LogP contribution in [0.1, 0.15) is 18.2 Å². The van der Waals surface area contributed by atoms with Crippen LogP contribution in [0.25, 0.3) is 10.9 Å². The van der Waals surface area contributed by atoms with Crippen LogP contribution in [-0.2, 0) is 6.42 Å². The third-order valence-corrected chi connectivity index (χ3v) is 3.22. The summed E-state index contributed by atoms with van der Waals surface area (Å²) in [5.74, 6) is 0.808. The van der Waals surface area contributed by atoms with Crippen molar-refractivity contribution in [3.05, 3.63) is 34.5 Å². The Hall–Kier alpha value is -1.28. The van der Waals surface area contributed by atoms with Gasteiger partial charge in [0.1, 0.15) is 5.75 Å². The Balaban J connectivity index is 2.78. The van der Waals surface area contributed by atoms with E-state index in [0.29, 0.717) is 0 Å². The van der Waals surface area contributed by atoms with Gasteiger partial charge in [0.05, 0.1) is 17.6 Å². The van der Waals surface area contributed by atoms with Gasteiger partial charge in [-0.2, -0.15) is 0 Å². The average Bonchev–Trinajstić information content (AvgIpc) is 2.29. The van der Waals surface area contributed by atoms with Crippen molar-refractivity contribution in [2.24, 2.45) is 0 Å². The lowest BCUT2D eigenvalue weighted by molar-refractivity contribution is 0.415. The van der Waals surface area contributed by atoms with E-state index in [1.807, 2.05) is 25.1 Å². The number of rotatable bonds is 2. The number of aromatic nitrogens is 1. The van der Waals surface area contributed by atoms with Crippen molar-refractivity contribution in [1.29, 1.82) is 0 Å². The summed E-state index contributed by atoms with van der Waals surface area (Å²) in [7, 11) is 1.65. The Bertz CT molecular complexity index is 537. The van der Waals surface area contributed by atoms with Gasteiger partial charge in [0.25, 0.3) is 0 Å². The zero-order chi connectivity index (χ0) is 11.7. The minimum atomic E-state index is 0.795. The number of benzene rings is 1. The van der Waals surface area contributed by atoms with Gasteiger partial charge in [0.2, 0.25) is 0 Å². The number of methoxy groups -OCH3 is 1. The molecule has 0 amide bonds. The van der Waals surface area contributed by atoms with Crippen LogP contribution in [0.2, 0.25) is 5.02 Å². The number of ether oxygens (including phenoxy) is 1. The van der Waals surface area contributed by atoms with Crippen LogP contribution in [0.3, 0.4) is 0 Å². The fraction of sp³-hybridized carbons (Fsp3) is 0.308. The van der Waals surface area contributed by atoms with E-state index >= 15 is 0 Å². The van der Waals surface area contributed by atoms with Crippen LogP contribution in [0.5, 0.6) is 5.75 Å². The lowest BCUT2D eigenvalue weighted by atomic mass is 10.1. The van der Waals surface area contributed by atoms with E-state index in [-0.39, 0.29) is 0 Å². The predicted octanol–water partition coefficient (Wildman–Crippen LogP) is 3.77. The average molecular weight is 236 g/mol. The zero-order valence-electron chi connectivity index (χ0n) is 9.67. The number of nitrogens with zero attached hydrogens (tertiary/aromatic N) is 1. The van der Waals surface area contributed by atoms with Gasteiger partial charge >= 0.3 is 0 Å². The maximum Gasteiger partial charge on any atom is 0.119 e. The summed E-state index contributed by atoms with van der Waals surface area (Å²) in [5, 5.41) is 1.76. The van der Waals surface area contributed by atoms with Gasteiger partial charge in [-0.15, -0.1) is 0 Å². The summed E-state index contributed by atoms with van der Waals surface area (Å²) in [6.45, 7) is 4.08. The topological polar surface area (TPSA) is 22.1 Å². The maximum atomic E-state index is 6.38. The number of hydrogen-bond donors (Lipinski definition) is 0. The molecule has 0 saturated carbocycles. The first kappa shape index (κ1) is 11.2. The largest absolute Gasteiger partial charge is 0.497 e. The minimum Gasteiger partial charge on any atom is -0.497 e. The molecule has 2 nitrogen and oxygen atoms in total. The standard InChI is InChI=1S/C13H14ClNO/c1-4-10-8(2)15-12-6-5-9(16-3)7-11(12)13(10)14/h5-7H,4H2,1-3H3. The highest BCUT2D eigenvalue weighted by Gasteiger charge is 2.09. The van der Waals surface area contributed by atoms with Crippen molar-refractivity contribution in [3.8, 4) is 5.75 Å². The van der Waals surface area contributed by atoms with E-state index in [0.717, 1.165) is 39.4 Å². The maximum absolute atomic E-state index is 6.38. The van der Waals surface area contributed by atoms with E-state index in [4.69, 9.17) is 16.3 Å². The van der Waals surface area contributed by atoms with E-state index < -0.39 is 0 Å². The van der Waals surface area contributed by atoms with E-state index in [1.165, 1.54) is 0 Å². The molecule has 0 unspecified atom stereocenters. The molecule has 0 aliphatic carbocycles. The van der Waals surface area contributed by atoms with Crippen molar-refractivity contribution in [2.45, 2.75) is 20.3 Å². The second kappa shape index (κ2) is 4.30. The van der Waals surface area contributed by atoms with Crippen LogP contribution < -0.4 is 4.74 Å². The summed E-state index contributed by atoms with van der Waals surface area (Å²) >= 11 is 6.38. The van der Waals surface area contributed by atoms with Gasteiger partial charge in [-0.05, 0) is 37.1 Å². The number of fused-ring (bicyclic) bond motifs is 1. The van der Waals surface area contributed by atoms with Gasteiger partial charge in [0.15, 0.2) is 0 Å². The summed E-state index contributed by atoms with van der Waals surface area (Å²) in [5.41, 5.74) is 3.04. The third-order valence-electron chi connectivity index (χ3n) is 2.78. The molecule has 3 heteroatoms. The monoisotopic (exact) mass is 235 g/mol. The lowest BCUT2D eigenvalue weighted by Gasteiger charge is -2.10. The van der Waals surface area contributed by atoms with Crippen molar-refractivity contribution in [1.82, 2.24) is 4.98 Å². The minimum absolute atomic E-state index is 0.795. The highest BCUT2D eigenvalue weighted by molar-refractivity contribution is 6.36. The van der Waals surface area contributed by atoms with Crippen LogP contribution in [-0.4, -0.2) is 12.1 Å². The van der Waals surface area contributed by atoms with Crippen LogP contribution >= 0.6 is 11.6 Å². The molecule has 1 aromatic heterocycles. The molecule has 0 radical (unpaired) electrons. The molecule has 1 aromatic carbocycles. The fourth-order valence-corrected chi connectivity index (χ4v) is 2.32. The van der Waals surface area contributed by atoms with Gasteiger partial charge in [0, 0.05) is 11.1 Å². The van der Waals surface area contributed by atoms with Crippen molar-refractivity contribution in [2.75, 3.05) is 7.11 Å². The van der Waals surface area contributed by atoms with Gasteiger partial charge in [-0.3, -0.25) is 4.98 Å². The highest BCUT2D eigenvalue weighted by Crippen LogP contribution is 2.30. The molecule has 0 spiro atoms. The SMILES string of the molecule is CCc1c(C)nc2ccc(OC)cc2c1Cl. The molecule has 0 aliphatic rings. The first-order chi connectivity index (χ1) is 7.67. The summed E-state index contributed by atoms with van der Waals surface area (Å²) in [4.78, 5) is 4.54. The second-order valence-corrected chi connectivity index (χ2v) is 4.10. The molecule has 0 fully saturated rings. The Morgan fingerprint density at radius 3 is 2.75 bits per heavy atom. The number of pyridine rings is 1. The van der Waals surface area contributed by atoms with Gasteiger partial charge in [-0.25, -0.2) is 0 Å². The van der Waals surface area contributed by atoms with Crippen LogP contribution in [0, 0.1) is 6.92 Å². The fourth-order valence-electron chi connectivity index (χ4n) is 1.90. The molecule has 2 rings (SSSR count). The third kappa shape index (κ3) is 1.74. The Kier molecular flexibility index (Phi) is 3.01. The quantitative estimate of drug-likeness (QED) is 0.791. The van der Waals surface area contributed by atoms with E-state index in [2.05, 4.69) is 11.9 Å². The number of aryl methyl sites for hydroxylation is 1. The normalized spacial score (nSPS) is 10.8. The molecular formula is C13H14ClNO. The number of hydrogen-bond acceptors (Lipinski definition) is 2. The first-order valence-corrected chi connectivity index (χ1v) is 5.68. The summed E-state index contributed by atoms with van der Waals surface area (Å²) in [6, 6.07) is 5.77. The Labute approximate surface area is 100 Å². The van der Waals surface area contributed by atoms with Crippen LogP contribution in [0.15, 0.2) is 18.2 Å². The van der Waals surface area contributed by atoms with Crippen molar-refractivity contribution in [3.63, 3.8) is 0 Å². The van der Waals surface area contributed by atoms with E-state index in [9.17, 15) is 0 Å². The molecule has 0 aliphatic heterocycles. The molecule has 0 atom stereocenters. The first-order valence-electron chi connectivity index (χ1n) is 5.30. The molecule has 0 N–H and O–H groups in total. The van der Waals surface area contributed by atoms with Crippen molar-refractivity contribution < 1.29 is 4.74 Å². The molecule has 84 valence electrons. The predicted molar refractivity (Wildman–Crippen MR) is 67.4 cm³/mol. The molecule has 1 heterocycles. The summed E-state index contributed by atoms with van der Waals surface area (Å²) in [6.07, 6.45) is 0.894. The molecular weight excluding hydrogens is 222 g/mol. The molecule has 16 heavy (non-hydrogen) atoms. The Morgan fingerprint density at radius 2 is 2.12 bits per heavy atom.